The molecule has 0 N–H and O–H groups in total. The fraction of sp³-hybridized carbons (Fsp3) is 0.455. The number of sulfonamides is 1. The lowest BCUT2D eigenvalue weighted by molar-refractivity contribution is 0.475. The number of rotatable bonds is 3. The summed E-state index contributed by atoms with van der Waals surface area (Å²) in [6, 6.07) is 3.96. The summed E-state index contributed by atoms with van der Waals surface area (Å²) in [4.78, 5) is 0. The topological polar surface area (TPSA) is 37.4 Å². The molecule has 1 aliphatic heterocycles. The Hall–Kier alpha value is -0.650. The summed E-state index contributed by atoms with van der Waals surface area (Å²) in [6.45, 7) is 1.06. The van der Waals surface area contributed by atoms with Crippen LogP contribution in [-0.4, -0.2) is 25.8 Å². The first kappa shape index (κ1) is 12.8. The largest absolute Gasteiger partial charge is 0.218 e. The molecule has 0 atom stereocenters. The molecule has 6 heteroatoms. The lowest BCUT2D eigenvalue weighted by Gasteiger charge is -2.15. The third kappa shape index (κ3) is 2.97. The highest BCUT2D eigenvalue weighted by Crippen LogP contribution is 2.21. The predicted octanol–water partition coefficient (Wildman–Crippen LogP) is 2.40. The number of benzene rings is 1. The van der Waals surface area contributed by atoms with Crippen LogP contribution < -0.4 is 0 Å². The van der Waals surface area contributed by atoms with Gasteiger partial charge < -0.3 is 0 Å². The highest BCUT2D eigenvalue weighted by atomic mass is 35.5. The van der Waals surface area contributed by atoms with Crippen LogP contribution in [0.15, 0.2) is 18.2 Å². The van der Waals surface area contributed by atoms with Gasteiger partial charge in [-0.2, -0.15) is 0 Å². The molecule has 1 saturated heterocycles. The smallest absolute Gasteiger partial charge is 0.212 e. The first-order valence-corrected chi connectivity index (χ1v) is 7.39. The van der Waals surface area contributed by atoms with Gasteiger partial charge in [-0.1, -0.05) is 11.6 Å². The maximum Gasteiger partial charge on any atom is 0.218 e. The molecule has 3 nitrogen and oxygen atoms in total. The zero-order valence-corrected chi connectivity index (χ0v) is 10.8. The van der Waals surface area contributed by atoms with Crippen molar-refractivity contribution in [1.29, 1.82) is 0 Å². The fourth-order valence-corrected chi connectivity index (χ4v) is 3.71. The quantitative estimate of drug-likeness (QED) is 0.851. The van der Waals surface area contributed by atoms with Gasteiger partial charge in [0.15, 0.2) is 0 Å². The van der Waals surface area contributed by atoms with Gasteiger partial charge in [-0.15, -0.1) is 0 Å². The van der Waals surface area contributed by atoms with Crippen molar-refractivity contribution in [3.05, 3.63) is 34.6 Å². The second-order valence-corrected chi connectivity index (χ2v) is 6.50. The van der Waals surface area contributed by atoms with E-state index >= 15 is 0 Å². The Bertz CT molecular complexity index is 512. The van der Waals surface area contributed by atoms with Crippen LogP contribution in [0.2, 0.25) is 5.02 Å². The standard InChI is InChI=1S/C11H13ClFNO2S/c12-10-3-4-11(13)9(7-10)8-17(15,16)14-5-1-2-6-14/h3-4,7H,1-2,5-6,8H2. The highest BCUT2D eigenvalue weighted by molar-refractivity contribution is 7.88. The van der Waals surface area contributed by atoms with Crippen LogP contribution in [0.5, 0.6) is 0 Å². The van der Waals surface area contributed by atoms with E-state index in [0.717, 1.165) is 12.8 Å². The fourth-order valence-electron chi connectivity index (χ4n) is 1.91. The summed E-state index contributed by atoms with van der Waals surface area (Å²) in [5.74, 6) is -0.850. The SMILES string of the molecule is O=S(=O)(Cc1cc(Cl)ccc1F)N1CCCC1. The van der Waals surface area contributed by atoms with Crippen LogP contribution in [-0.2, 0) is 15.8 Å². The minimum atomic E-state index is -3.42. The van der Waals surface area contributed by atoms with Gasteiger partial charge in [0, 0.05) is 23.7 Å². The first-order valence-electron chi connectivity index (χ1n) is 5.41. The Kier molecular flexibility index (Phi) is 3.70. The third-order valence-electron chi connectivity index (χ3n) is 2.80. The Labute approximate surface area is 105 Å². The van der Waals surface area contributed by atoms with Crippen LogP contribution in [0, 0.1) is 5.82 Å². The molecule has 0 aliphatic carbocycles. The van der Waals surface area contributed by atoms with E-state index in [-0.39, 0.29) is 11.3 Å². The van der Waals surface area contributed by atoms with E-state index in [1.54, 1.807) is 0 Å². The number of hydrogen-bond acceptors (Lipinski definition) is 2. The van der Waals surface area contributed by atoms with Gasteiger partial charge in [0.25, 0.3) is 0 Å². The van der Waals surface area contributed by atoms with E-state index in [0.29, 0.717) is 18.1 Å². The molecule has 1 aromatic carbocycles. The molecule has 1 heterocycles. The summed E-state index contributed by atoms with van der Waals surface area (Å²) >= 11 is 5.73. The van der Waals surface area contributed by atoms with Crippen LogP contribution in [0.4, 0.5) is 4.39 Å². The predicted molar refractivity (Wildman–Crippen MR) is 64.8 cm³/mol. The van der Waals surface area contributed by atoms with Crippen molar-refractivity contribution in [1.82, 2.24) is 4.31 Å². The van der Waals surface area contributed by atoms with Gasteiger partial charge in [-0.3, -0.25) is 0 Å². The zero-order valence-electron chi connectivity index (χ0n) is 9.20. The Balaban J connectivity index is 2.22. The molecule has 0 aromatic heterocycles. The molecular weight excluding hydrogens is 265 g/mol. The van der Waals surface area contributed by atoms with Crippen LogP contribution in [0.3, 0.4) is 0 Å². The second kappa shape index (κ2) is 4.92. The minimum absolute atomic E-state index is 0.129. The average Bonchev–Trinajstić information content (AvgIpc) is 2.77. The van der Waals surface area contributed by atoms with Crippen molar-refractivity contribution in [2.24, 2.45) is 0 Å². The Morgan fingerprint density at radius 1 is 1.29 bits per heavy atom. The number of halogens is 2. The second-order valence-electron chi connectivity index (χ2n) is 4.10. The molecule has 94 valence electrons. The lowest BCUT2D eigenvalue weighted by atomic mass is 10.2. The van der Waals surface area contributed by atoms with E-state index in [4.69, 9.17) is 11.6 Å². The summed E-state index contributed by atoms with van der Waals surface area (Å²) in [7, 11) is -3.42. The van der Waals surface area contributed by atoms with Crippen LogP contribution >= 0.6 is 11.6 Å². The van der Waals surface area contributed by atoms with E-state index < -0.39 is 15.8 Å². The molecule has 0 radical (unpaired) electrons. The van der Waals surface area contributed by atoms with Crippen molar-refractivity contribution in [3.63, 3.8) is 0 Å². The molecule has 1 aliphatic rings. The molecular formula is C11H13ClFNO2S. The molecule has 0 spiro atoms. The minimum Gasteiger partial charge on any atom is -0.212 e. The normalized spacial score (nSPS) is 17.5. The van der Waals surface area contributed by atoms with Crippen molar-refractivity contribution < 1.29 is 12.8 Å². The molecule has 1 aromatic rings. The van der Waals surface area contributed by atoms with Crippen LogP contribution in [0.1, 0.15) is 18.4 Å². The maximum absolute atomic E-state index is 13.4. The van der Waals surface area contributed by atoms with E-state index in [1.165, 1.54) is 22.5 Å². The van der Waals surface area contributed by atoms with E-state index in [2.05, 4.69) is 0 Å². The highest BCUT2D eigenvalue weighted by Gasteiger charge is 2.26. The summed E-state index contributed by atoms with van der Waals surface area (Å²) in [5.41, 5.74) is 0.129. The molecule has 0 unspecified atom stereocenters. The van der Waals surface area contributed by atoms with Gasteiger partial charge in [0.05, 0.1) is 5.75 Å². The summed E-state index contributed by atoms with van der Waals surface area (Å²) in [6.07, 6.45) is 1.74. The van der Waals surface area contributed by atoms with Crippen molar-refractivity contribution in [3.8, 4) is 0 Å². The van der Waals surface area contributed by atoms with Gasteiger partial charge in [-0.25, -0.2) is 17.1 Å². The molecule has 0 saturated carbocycles. The zero-order chi connectivity index (χ0) is 12.5. The van der Waals surface area contributed by atoms with Gasteiger partial charge in [0.1, 0.15) is 5.82 Å². The monoisotopic (exact) mass is 277 g/mol. The van der Waals surface area contributed by atoms with Crippen molar-refractivity contribution in [2.75, 3.05) is 13.1 Å². The van der Waals surface area contributed by atoms with Gasteiger partial charge in [0.2, 0.25) is 10.0 Å². The van der Waals surface area contributed by atoms with Crippen molar-refractivity contribution in [2.45, 2.75) is 18.6 Å². The number of hydrogen-bond donors (Lipinski definition) is 0. The Morgan fingerprint density at radius 2 is 1.94 bits per heavy atom. The third-order valence-corrected chi connectivity index (χ3v) is 4.87. The molecule has 2 rings (SSSR count). The summed E-state index contributed by atoms with van der Waals surface area (Å²) in [5, 5.41) is 0.345. The molecule has 0 amide bonds. The maximum atomic E-state index is 13.4. The number of nitrogens with zero attached hydrogens (tertiary/aromatic N) is 1. The first-order chi connectivity index (χ1) is 7.99. The van der Waals surface area contributed by atoms with Gasteiger partial charge >= 0.3 is 0 Å². The summed E-state index contributed by atoms with van der Waals surface area (Å²) < 4.78 is 38.8. The molecule has 0 bridgehead atoms. The average molecular weight is 278 g/mol. The van der Waals surface area contributed by atoms with E-state index in [9.17, 15) is 12.8 Å². The lowest BCUT2D eigenvalue weighted by Crippen LogP contribution is -2.29. The van der Waals surface area contributed by atoms with Crippen molar-refractivity contribution >= 4 is 21.6 Å². The molecule has 17 heavy (non-hydrogen) atoms. The molecule has 1 fully saturated rings. The Morgan fingerprint density at radius 3 is 2.59 bits per heavy atom. The van der Waals surface area contributed by atoms with Crippen LogP contribution in [0.25, 0.3) is 0 Å². The van der Waals surface area contributed by atoms with Gasteiger partial charge in [-0.05, 0) is 31.0 Å². The van der Waals surface area contributed by atoms with E-state index in [1.807, 2.05) is 0 Å².